The Hall–Kier alpha value is -3.22. The van der Waals surface area contributed by atoms with Gasteiger partial charge >= 0.3 is 6.09 Å². The molecule has 2 aromatic rings. The van der Waals surface area contributed by atoms with E-state index >= 15 is 0 Å². The normalized spacial score (nSPS) is 20.3. The zero-order chi connectivity index (χ0) is 24.1. The second kappa shape index (κ2) is 10.8. The Morgan fingerprint density at radius 3 is 2.35 bits per heavy atom. The number of nitrogens with zero attached hydrogens (tertiary/aromatic N) is 1. The number of carbonyl (C=O) groups excluding carboxylic acids is 2. The van der Waals surface area contributed by atoms with Crippen LogP contribution in [-0.4, -0.2) is 43.2 Å². The highest BCUT2D eigenvalue weighted by atomic mass is 16.6. The minimum atomic E-state index is -0.802. The molecule has 1 heterocycles. The molecule has 1 aliphatic carbocycles. The smallest absolute Gasteiger partial charge is 0.411 e. The minimum absolute atomic E-state index is 0.129. The first-order valence-corrected chi connectivity index (χ1v) is 12.1. The maximum absolute atomic E-state index is 13.7. The van der Waals surface area contributed by atoms with Crippen LogP contribution < -0.4 is 14.8 Å². The molecule has 1 N–H and O–H groups in total. The molecule has 7 heteroatoms. The number of benzene rings is 2. The molecule has 1 aliphatic heterocycles. The summed E-state index contributed by atoms with van der Waals surface area (Å²) < 4.78 is 16.7. The van der Waals surface area contributed by atoms with Crippen LogP contribution in [0.25, 0.3) is 0 Å². The Kier molecular flexibility index (Phi) is 7.60. The van der Waals surface area contributed by atoms with E-state index in [-0.39, 0.29) is 24.6 Å². The van der Waals surface area contributed by atoms with Gasteiger partial charge in [-0.2, -0.15) is 0 Å². The molecule has 2 amide bonds. The SMILES string of the molecule is COc1cc2c(cc1OC)[C@H](C(=O)NC1CCCCC1)N(C(=O)OCc1ccccc1)[C@H](C)C2. The van der Waals surface area contributed by atoms with Crippen molar-refractivity contribution in [2.45, 2.75) is 70.2 Å². The predicted octanol–water partition coefficient (Wildman–Crippen LogP) is 4.78. The van der Waals surface area contributed by atoms with E-state index in [1.165, 1.54) is 6.42 Å². The number of hydrogen-bond donors (Lipinski definition) is 1. The van der Waals surface area contributed by atoms with Crippen LogP contribution in [0.5, 0.6) is 11.5 Å². The highest BCUT2D eigenvalue weighted by Crippen LogP contribution is 2.40. The first-order valence-electron chi connectivity index (χ1n) is 12.1. The van der Waals surface area contributed by atoms with Gasteiger partial charge in [0.25, 0.3) is 0 Å². The number of methoxy groups -OCH3 is 2. The lowest BCUT2D eigenvalue weighted by Crippen LogP contribution is -2.53. The number of rotatable bonds is 6. The first kappa shape index (κ1) is 23.9. The molecule has 0 bridgehead atoms. The van der Waals surface area contributed by atoms with E-state index in [4.69, 9.17) is 14.2 Å². The number of ether oxygens (including phenoxy) is 3. The van der Waals surface area contributed by atoms with Gasteiger partial charge in [0.2, 0.25) is 5.91 Å². The molecule has 1 saturated carbocycles. The predicted molar refractivity (Wildman–Crippen MR) is 129 cm³/mol. The zero-order valence-corrected chi connectivity index (χ0v) is 20.2. The lowest BCUT2D eigenvalue weighted by atomic mass is 9.87. The van der Waals surface area contributed by atoms with Crippen LogP contribution in [0, 0.1) is 0 Å². The van der Waals surface area contributed by atoms with Crippen molar-refractivity contribution in [1.29, 1.82) is 0 Å². The van der Waals surface area contributed by atoms with Crippen LogP contribution in [0.15, 0.2) is 42.5 Å². The van der Waals surface area contributed by atoms with E-state index in [2.05, 4.69) is 5.32 Å². The number of carbonyl (C=O) groups is 2. The van der Waals surface area contributed by atoms with Gasteiger partial charge in [0.1, 0.15) is 12.6 Å². The Balaban J connectivity index is 1.65. The molecule has 0 aromatic heterocycles. The first-order chi connectivity index (χ1) is 16.5. The fourth-order valence-electron chi connectivity index (χ4n) is 5.06. The summed E-state index contributed by atoms with van der Waals surface area (Å²) in [5, 5.41) is 3.21. The summed E-state index contributed by atoms with van der Waals surface area (Å²) >= 11 is 0. The molecule has 34 heavy (non-hydrogen) atoms. The summed E-state index contributed by atoms with van der Waals surface area (Å²) in [5.74, 6) is 0.965. The molecule has 0 saturated heterocycles. The van der Waals surface area contributed by atoms with Crippen LogP contribution in [0.1, 0.15) is 61.8 Å². The molecule has 2 atom stereocenters. The third-order valence-electron chi connectivity index (χ3n) is 6.82. The molecule has 1 fully saturated rings. The summed E-state index contributed by atoms with van der Waals surface area (Å²) in [7, 11) is 3.16. The topological polar surface area (TPSA) is 77.1 Å². The van der Waals surface area contributed by atoms with Crippen LogP contribution in [-0.2, 0) is 22.6 Å². The van der Waals surface area contributed by atoms with E-state index in [1.54, 1.807) is 19.1 Å². The van der Waals surface area contributed by atoms with E-state index in [0.29, 0.717) is 17.9 Å². The summed E-state index contributed by atoms with van der Waals surface area (Å²) in [6.07, 6.45) is 5.43. The Bertz CT molecular complexity index is 1000. The van der Waals surface area contributed by atoms with Crippen molar-refractivity contribution in [3.05, 3.63) is 59.2 Å². The number of hydrogen-bond acceptors (Lipinski definition) is 5. The van der Waals surface area contributed by atoms with Gasteiger partial charge in [-0.25, -0.2) is 4.79 Å². The highest BCUT2D eigenvalue weighted by molar-refractivity contribution is 5.88. The largest absolute Gasteiger partial charge is 0.493 e. The van der Waals surface area contributed by atoms with Crippen LogP contribution in [0.4, 0.5) is 4.79 Å². The lowest BCUT2D eigenvalue weighted by molar-refractivity contribution is -0.128. The summed E-state index contributed by atoms with van der Waals surface area (Å²) in [5.41, 5.74) is 2.62. The molecule has 0 spiro atoms. The Morgan fingerprint density at radius 1 is 1.00 bits per heavy atom. The van der Waals surface area contributed by atoms with Gasteiger partial charge in [0, 0.05) is 12.1 Å². The van der Waals surface area contributed by atoms with Crippen LogP contribution >= 0.6 is 0 Å². The molecular weight excluding hydrogens is 432 g/mol. The lowest BCUT2D eigenvalue weighted by Gasteiger charge is -2.41. The van der Waals surface area contributed by atoms with Crippen molar-refractivity contribution in [3.8, 4) is 11.5 Å². The molecule has 2 aliphatic rings. The fourth-order valence-corrected chi connectivity index (χ4v) is 5.06. The van der Waals surface area contributed by atoms with Gasteiger partial charge in [-0.3, -0.25) is 9.69 Å². The van der Waals surface area contributed by atoms with Crippen LogP contribution in [0.2, 0.25) is 0 Å². The summed E-state index contributed by atoms with van der Waals surface area (Å²) in [6.45, 7) is 2.10. The van der Waals surface area contributed by atoms with Crippen molar-refractivity contribution < 1.29 is 23.8 Å². The third kappa shape index (κ3) is 5.13. The Labute approximate surface area is 201 Å². The number of fused-ring (bicyclic) bond motifs is 1. The maximum atomic E-state index is 13.7. The highest BCUT2D eigenvalue weighted by Gasteiger charge is 2.42. The van der Waals surface area contributed by atoms with E-state index in [1.807, 2.05) is 49.4 Å². The van der Waals surface area contributed by atoms with E-state index in [0.717, 1.165) is 42.4 Å². The van der Waals surface area contributed by atoms with Gasteiger partial charge in [-0.05, 0) is 55.0 Å². The van der Waals surface area contributed by atoms with Gasteiger partial charge in [-0.1, -0.05) is 49.6 Å². The quantitative estimate of drug-likeness (QED) is 0.663. The molecule has 182 valence electrons. The second-order valence-corrected chi connectivity index (χ2v) is 9.15. The zero-order valence-electron chi connectivity index (χ0n) is 20.2. The van der Waals surface area contributed by atoms with Gasteiger partial charge < -0.3 is 19.5 Å². The number of nitrogens with one attached hydrogen (secondary N) is 1. The van der Waals surface area contributed by atoms with Gasteiger partial charge in [0.05, 0.1) is 14.2 Å². The standard InChI is InChI=1S/C27H34N2O5/c1-18-14-20-15-23(32-2)24(33-3)16-22(20)25(26(30)28-21-12-8-5-9-13-21)29(18)27(31)34-17-19-10-6-4-7-11-19/h4,6-7,10-11,15-16,18,21,25H,5,8-9,12-14,17H2,1-3H3,(H,28,30)/t18-,25-/m1/s1. The molecule has 2 aromatic carbocycles. The van der Waals surface area contributed by atoms with Gasteiger partial charge in [0.15, 0.2) is 11.5 Å². The molecule has 4 rings (SSSR count). The van der Waals surface area contributed by atoms with Crippen molar-refractivity contribution in [2.24, 2.45) is 0 Å². The van der Waals surface area contributed by atoms with Crippen molar-refractivity contribution in [3.63, 3.8) is 0 Å². The second-order valence-electron chi connectivity index (χ2n) is 9.15. The molecule has 0 radical (unpaired) electrons. The molecular formula is C27H34N2O5. The van der Waals surface area contributed by atoms with Gasteiger partial charge in [-0.15, -0.1) is 0 Å². The third-order valence-corrected chi connectivity index (χ3v) is 6.82. The van der Waals surface area contributed by atoms with E-state index in [9.17, 15) is 9.59 Å². The van der Waals surface area contributed by atoms with Crippen molar-refractivity contribution in [2.75, 3.05) is 14.2 Å². The summed E-state index contributed by atoms with van der Waals surface area (Å²) in [6, 6.07) is 12.4. The van der Waals surface area contributed by atoms with Crippen LogP contribution in [0.3, 0.4) is 0 Å². The van der Waals surface area contributed by atoms with Crippen molar-refractivity contribution in [1.82, 2.24) is 10.2 Å². The fraction of sp³-hybridized carbons (Fsp3) is 0.481. The minimum Gasteiger partial charge on any atom is -0.493 e. The Morgan fingerprint density at radius 2 is 1.68 bits per heavy atom. The monoisotopic (exact) mass is 466 g/mol. The van der Waals surface area contributed by atoms with E-state index < -0.39 is 12.1 Å². The average Bonchev–Trinajstić information content (AvgIpc) is 2.86. The van der Waals surface area contributed by atoms with Crippen molar-refractivity contribution >= 4 is 12.0 Å². The maximum Gasteiger partial charge on any atom is 0.411 e. The average molecular weight is 467 g/mol. The summed E-state index contributed by atoms with van der Waals surface area (Å²) in [4.78, 5) is 28.6. The molecule has 7 nitrogen and oxygen atoms in total. The number of amides is 2. The molecule has 0 unspecified atom stereocenters.